The molecule has 1 atom stereocenters. The molecule has 0 aromatic carbocycles. The summed E-state index contributed by atoms with van der Waals surface area (Å²) in [5.74, 6) is 0. The van der Waals surface area contributed by atoms with Crippen LogP contribution in [0.5, 0.6) is 0 Å². The SMILES string of the molecule is CCO[Si](C)(CCCOCC(COC)OC)OCC. The van der Waals surface area contributed by atoms with Crippen molar-refractivity contribution in [3.63, 3.8) is 0 Å². The highest BCUT2D eigenvalue weighted by Gasteiger charge is 2.29. The number of methoxy groups -OCH3 is 2. The first-order valence-electron chi connectivity index (χ1n) is 6.99. The summed E-state index contributed by atoms with van der Waals surface area (Å²) in [5, 5.41) is 0. The monoisotopic (exact) mass is 294 g/mol. The molecule has 0 aromatic rings. The van der Waals surface area contributed by atoms with Crippen LogP contribution in [0.2, 0.25) is 12.6 Å². The zero-order valence-corrected chi connectivity index (χ0v) is 14.1. The summed E-state index contributed by atoms with van der Waals surface area (Å²) in [4.78, 5) is 0. The van der Waals surface area contributed by atoms with Gasteiger partial charge in [-0.1, -0.05) is 0 Å². The molecule has 0 saturated heterocycles. The van der Waals surface area contributed by atoms with Gasteiger partial charge in [-0.3, -0.25) is 0 Å². The summed E-state index contributed by atoms with van der Waals surface area (Å²) >= 11 is 0. The maximum Gasteiger partial charge on any atom is 0.334 e. The van der Waals surface area contributed by atoms with Gasteiger partial charge >= 0.3 is 8.56 Å². The van der Waals surface area contributed by atoms with E-state index in [4.69, 9.17) is 23.1 Å². The number of hydrogen-bond acceptors (Lipinski definition) is 5. The van der Waals surface area contributed by atoms with Gasteiger partial charge in [-0.2, -0.15) is 0 Å². The Morgan fingerprint density at radius 1 is 1.00 bits per heavy atom. The average Bonchev–Trinajstić information content (AvgIpc) is 2.37. The standard InChI is InChI=1S/C13H30O5Si/c1-6-17-19(5,18-7-2)10-8-9-16-12-13(15-4)11-14-3/h13H,6-12H2,1-5H3. The van der Waals surface area contributed by atoms with Crippen LogP contribution >= 0.6 is 0 Å². The maximum atomic E-state index is 5.77. The van der Waals surface area contributed by atoms with Crippen LogP contribution < -0.4 is 0 Å². The lowest BCUT2D eigenvalue weighted by Gasteiger charge is -2.26. The molecule has 0 N–H and O–H groups in total. The van der Waals surface area contributed by atoms with Crippen molar-refractivity contribution >= 4 is 8.56 Å². The molecular formula is C13H30O5Si. The summed E-state index contributed by atoms with van der Waals surface area (Å²) in [6.07, 6.45) is 0.957. The Bertz CT molecular complexity index is 197. The Morgan fingerprint density at radius 3 is 2.11 bits per heavy atom. The molecule has 116 valence electrons. The molecule has 0 aromatic heterocycles. The van der Waals surface area contributed by atoms with Crippen LogP contribution in [0.3, 0.4) is 0 Å². The molecule has 0 spiro atoms. The Morgan fingerprint density at radius 2 is 1.63 bits per heavy atom. The van der Waals surface area contributed by atoms with Crippen molar-refractivity contribution in [3.8, 4) is 0 Å². The third-order valence-corrected chi connectivity index (χ3v) is 5.87. The second-order valence-electron chi connectivity index (χ2n) is 4.49. The molecule has 0 radical (unpaired) electrons. The normalized spacial score (nSPS) is 13.7. The van der Waals surface area contributed by atoms with Gasteiger partial charge < -0.3 is 23.1 Å². The van der Waals surface area contributed by atoms with E-state index in [0.717, 1.165) is 12.5 Å². The molecule has 1 unspecified atom stereocenters. The Labute approximate surface area is 118 Å². The van der Waals surface area contributed by atoms with Crippen LogP contribution in [0, 0.1) is 0 Å². The highest BCUT2D eigenvalue weighted by molar-refractivity contribution is 6.66. The van der Waals surface area contributed by atoms with E-state index in [-0.39, 0.29) is 6.10 Å². The maximum absolute atomic E-state index is 5.77. The van der Waals surface area contributed by atoms with Crippen molar-refractivity contribution in [2.24, 2.45) is 0 Å². The van der Waals surface area contributed by atoms with Gasteiger partial charge in [-0.05, 0) is 32.9 Å². The molecule has 0 aliphatic heterocycles. The molecule has 0 aliphatic carbocycles. The fourth-order valence-corrected chi connectivity index (χ4v) is 4.26. The number of rotatable bonds is 13. The summed E-state index contributed by atoms with van der Waals surface area (Å²) in [7, 11) is 1.34. The van der Waals surface area contributed by atoms with Crippen LogP contribution in [-0.2, 0) is 23.1 Å². The summed E-state index contributed by atoms with van der Waals surface area (Å²) < 4.78 is 27.4. The second-order valence-corrected chi connectivity index (χ2v) is 7.84. The topological polar surface area (TPSA) is 46.2 Å². The summed E-state index contributed by atoms with van der Waals surface area (Å²) in [6.45, 7) is 9.37. The van der Waals surface area contributed by atoms with Crippen LogP contribution in [0.15, 0.2) is 0 Å². The van der Waals surface area contributed by atoms with Crippen molar-refractivity contribution in [1.29, 1.82) is 0 Å². The van der Waals surface area contributed by atoms with E-state index in [2.05, 4.69) is 6.55 Å². The molecule has 6 heteroatoms. The van der Waals surface area contributed by atoms with Crippen molar-refractivity contribution < 1.29 is 23.1 Å². The lowest BCUT2D eigenvalue weighted by Crippen LogP contribution is -2.39. The van der Waals surface area contributed by atoms with E-state index in [1.807, 2.05) is 13.8 Å². The molecule has 0 heterocycles. The Hall–Kier alpha value is 0.0169. The van der Waals surface area contributed by atoms with Crippen molar-refractivity contribution in [3.05, 3.63) is 0 Å². The van der Waals surface area contributed by atoms with Crippen LogP contribution in [-0.4, -0.2) is 61.9 Å². The van der Waals surface area contributed by atoms with Gasteiger partial charge in [0.25, 0.3) is 0 Å². The minimum Gasteiger partial charge on any atom is -0.395 e. The van der Waals surface area contributed by atoms with Crippen LogP contribution in [0.1, 0.15) is 20.3 Å². The third-order valence-electron chi connectivity index (χ3n) is 2.81. The van der Waals surface area contributed by atoms with Gasteiger partial charge in [0.05, 0.1) is 13.2 Å². The van der Waals surface area contributed by atoms with E-state index < -0.39 is 8.56 Å². The quantitative estimate of drug-likeness (QED) is 0.385. The molecule has 5 nitrogen and oxygen atoms in total. The van der Waals surface area contributed by atoms with Gasteiger partial charge in [0.1, 0.15) is 6.10 Å². The average molecular weight is 294 g/mol. The van der Waals surface area contributed by atoms with E-state index in [1.54, 1.807) is 14.2 Å². The Kier molecular flexibility index (Phi) is 11.8. The predicted octanol–water partition coefficient (Wildman–Crippen LogP) is 2.20. The molecule has 0 bridgehead atoms. The van der Waals surface area contributed by atoms with Crippen molar-refractivity contribution in [2.75, 3.05) is 47.3 Å². The molecule has 0 amide bonds. The van der Waals surface area contributed by atoms with Gasteiger partial charge in [0.2, 0.25) is 0 Å². The molecule has 19 heavy (non-hydrogen) atoms. The largest absolute Gasteiger partial charge is 0.395 e. The minimum atomic E-state index is -1.99. The number of ether oxygens (including phenoxy) is 3. The van der Waals surface area contributed by atoms with Gasteiger partial charge in [-0.25, -0.2) is 0 Å². The van der Waals surface area contributed by atoms with E-state index >= 15 is 0 Å². The van der Waals surface area contributed by atoms with Gasteiger partial charge in [-0.15, -0.1) is 0 Å². The van der Waals surface area contributed by atoms with Crippen LogP contribution in [0.25, 0.3) is 0 Å². The first-order chi connectivity index (χ1) is 9.11. The first-order valence-corrected chi connectivity index (χ1v) is 9.51. The van der Waals surface area contributed by atoms with E-state index in [0.29, 0.717) is 33.0 Å². The molecule has 0 fully saturated rings. The lowest BCUT2D eigenvalue weighted by molar-refractivity contribution is -0.0303. The molecule has 0 aliphatic rings. The third kappa shape index (κ3) is 9.54. The van der Waals surface area contributed by atoms with E-state index in [1.165, 1.54) is 0 Å². The predicted molar refractivity (Wildman–Crippen MR) is 77.8 cm³/mol. The molecule has 0 rings (SSSR count). The minimum absolute atomic E-state index is 0.00686. The highest BCUT2D eigenvalue weighted by Crippen LogP contribution is 2.15. The fourth-order valence-electron chi connectivity index (χ4n) is 1.88. The summed E-state index contributed by atoms with van der Waals surface area (Å²) in [5.41, 5.74) is 0. The van der Waals surface area contributed by atoms with Crippen LogP contribution in [0.4, 0.5) is 0 Å². The lowest BCUT2D eigenvalue weighted by atomic mass is 10.4. The zero-order valence-electron chi connectivity index (χ0n) is 13.1. The van der Waals surface area contributed by atoms with Gasteiger partial charge in [0.15, 0.2) is 0 Å². The fraction of sp³-hybridized carbons (Fsp3) is 1.00. The summed E-state index contributed by atoms with van der Waals surface area (Å²) in [6, 6.07) is 0.955. The molecular weight excluding hydrogens is 264 g/mol. The first kappa shape index (κ1) is 19.0. The zero-order chi connectivity index (χ0) is 14.6. The molecule has 0 saturated carbocycles. The van der Waals surface area contributed by atoms with E-state index in [9.17, 15) is 0 Å². The second kappa shape index (κ2) is 11.8. The number of hydrogen-bond donors (Lipinski definition) is 0. The van der Waals surface area contributed by atoms with Crippen molar-refractivity contribution in [2.45, 2.75) is 39.0 Å². The smallest absolute Gasteiger partial charge is 0.334 e. The Balaban J connectivity index is 3.75. The van der Waals surface area contributed by atoms with Gasteiger partial charge in [0, 0.05) is 34.0 Å². The highest BCUT2D eigenvalue weighted by atomic mass is 28.4. The van der Waals surface area contributed by atoms with Crippen molar-refractivity contribution in [1.82, 2.24) is 0 Å².